The molecule has 1 aliphatic heterocycles. The SMILES string of the molecule is CCOCCC1(CNC(=NC)NC2CCN(c3c(F)cccc3F)C2)CC1.I. The molecule has 1 heterocycles. The van der Waals surface area contributed by atoms with Gasteiger partial charge in [-0.05, 0) is 50.2 Å². The fourth-order valence-corrected chi connectivity index (χ4v) is 3.66. The predicted molar refractivity (Wildman–Crippen MR) is 120 cm³/mol. The van der Waals surface area contributed by atoms with E-state index >= 15 is 0 Å². The molecule has 2 N–H and O–H groups in total. The maximum absolute atomic E-state index is 14.0. The topological polar surface area (TPSA) is 48.9 Å². The van der Waals surface area contributed by atoms with E-state index in [-0.39, 0.29) is 35.7 Å². The molecule has 1 saturated carbocycles. The van der Waals surface area contributed by atoms with Crippen molar-refractivity contribution < 1.29 is 13.5 Å². The molecule has 1 aromatic rings. The lowest BCUT2D eigenvalue weighted by Crippen LogP contribution is -2.46. The maximum Gasteiger partial charge on any atom is 0.191 e. The highest BCUT2D eigenvalue weighted by molar-refractivity contribution is 14.0. The Morgan fingerprint density at radius 3 is 2.64 bits per heavy atom. The van der Waals surface area contributed by atoms with Gasteiger partial charge in [0.2, 0.25) is 0 Å². The molecule has 2 fully saturated rings. The van der Waals surface area contributed by atoms with Crippen molar-refractivity contribution in [3.8, 4) is 0 Å². The molecule has 8 heteroatoms. The average molecular weight is 508 g/mol. The predicted octanol–water partition coefficient (Wildman–Crippen LogP) is 3.53. The summed E-state index contributed by atoms with van der Waals surface area (Å²) >= 11 is 0. The highest BCUT2D eigenvalue weighted by Crippen LogP contribution is 2.48. The first-order valence-corrected chi connectivity index (χ1v) is 9.81. The van der Waals surface area contributed by atoms with Crippen molar-refractivity contribution in [2.24, 2.45) is 10.4 Å². The lowest BCUT2D eigenvalue weighted by atomic mass is 10.0. The molecule has 1 aromatic carbocycles. The van der Waals surface area contributed by atoms with Gasteiger partial charge in [0, 0.05) is 45.9 Å². The molecule has 5 nitrogen and oxygen atoms in total. The molecule has 2 aliphatic rings. The van der Waals surface area contributed by atoms with Crippen LogP contribution in [0.4, 0.5) is 14.5 Å². The van der Waals surface area contributed by atoms with Crippen molar-refractivity contribution in [3.63, 3.8) is 0 Å². The molecule has 28 heavy (non-hydrogen) atoms. The molecule has 1 unspecified atom stereocenters. The van der Waals surface area contributed by atoms with Crippen LogP contribution in [0, 0.1) is 17.0 Å². The highest BCUT2D eigenvalue weighted by Gasteiger charge is 2.42. The van der Waals surface area contributed by atoms with Crippen LogP contribution in [0.1, 0.15) is 32.6 Å². The third-order valence-corrected chi connectivity index (χ3v) is 5.58. The van der Waals surface area contributed by atoms with E-state index in [2.05, 4.69) is 15.6 Å². The Bertz CT molecular complexity index is 649. The van der Waals surface area contributed by atoms with Crippen LogP contribution in [-0.2, 0) is 4.74 Å². The zero-order chi connectivity index (χ0) is 19.3. The lowest BCUT2D eigenvalue weighted by Gasteiger charge is -2.22. The van der Waals surface area contributed by atoms with Crippen LogP contribution in [0.5, 0.6) is 0 Å². The Hall–Kier alpha value is -1.16. The minimum atomic E-state index is -0.511. The third kappa shape index (κ3) is 5.92. The van der Waals surface area contributed by atoms with Crippen molar-refractivity contribution in [1.29, 1.82) is 0 Å². The summed E-state index contributed by atoms with van der Waals surface area (Å²) in [5.41, 5.74) is 0.391. The molecule has 0 aromatic heterocycles. The van der Waals surface area contributed by atoms with Gasteiger partial charge in [-0.1, -0.05) is 6.07 Å². The van der Waals surface area contributed by atoms with Crippen LogP contribution in [0.15, 0.2) is 23.2 Å². The summed E-state index contributed by atoms with van der Waals surface area (Å²) in [6, 6.07) is 4.10. The van der Waals surface area contributed by atoms with Crippen molar-refractivity contribution in [2.75, 3.05) is 44.8 Å². The van der Waals surface area contributed by atoms with E-state index in [1.54, 1.807) is 11.9 Å². The zero-order valence-electron chi connectivity index (χ0n) is 16.6. The number of halogens is 3. The summed E-state index contributed by atoms with van der Waals surface area (Å²) in [5, 5.41) is 6.81. The van der Waals surface area contributed by atoms with Crippen LogP contribution in [-0.4, -0.2) is 51.9 Å². The number of anilines is 1. The standard InChI is InChI=1S/C20H30F2N4O.HI/c1-3-27-12-10-20(8-9-20)14-24-19(23-2)25-15-7-11-26(13-15)18-16(21)5-4-6-17(18)22;/h4-6,15H,3,7-14H2,1-2H3,(H2,23,24,25);1H. The van der Waals surface area contributed by atoms with Crippen LogP contribution in [0.2, 0.25) is 0 Å². The number of para-hydroxylation sites is 1. The average Bonchev–Trinajstić information content (AvgIpc) is 3.28. The Kier molecular flexibility index (Phi) is 8.73. The Balaban J connectivity index is 0.00000280. The number of benzene rings is 1. The smallest absolute Gasteiger partial charge is 0.191 e. The number of hydrogen-bond acceptors (Lipinski definition) is 3. The van der Waals surface area contributed by atoms with Gasteiger partial charge in [0.15, 0.2) is 5.96 Å². The number of hydrogen-bond donors (Lipinski definition) is 2. The van der Waals surface area contributed by atoms with Gasteiger partial charge in [-0.15, -0.1) is 24.0 Å². The Labute approximate surface area is 183 Å². The molecule has 0 amide bonds. The molecule has 3 rings (SSSR count). The third-order valence-electron chi connectivity index (χ3n) is 5.58. The van der Waals surface area contributed by atoms with Gasteiger partial charge < -0.3 is 20.3 Å². The molecular weight excluding hydrogens is 477 g/mol. The van der Waals surface area contributed by atoms with E-state index in [1.807, 2.05) is 6.92 Å². The van der Waals surface area contributed by atoms with Gasteiger partial charge in [-0.3, -0.25) is 4.99 Å². The van der Waals surface area contributed by atoms with E-state index in [1.165, 1.54) is 31.0 Å². The molecule has 1 saturated heterocycles. The molecule has 0 spiro atoms. The number of rotatable bonds is 8. The maximum atomic E-state index is 14.0. The molecule has 0 radical (unpaired) electrons. The molecule has 1 atom stereocenters. The van der Waals surface area contributed by atoms with Crippen LogP contribution in [0.25, 0.3) is 0 Å². The second-order valence-electron chi connectivity index (χ2n) is 7.52. The van der Waals surface area contributed by atoms with Crippen molar-refractivity contribution in [3.05, 3.63) is 29.8 Å². The van der Waals surface area contributed by atoms with E-state index in [9.17, 15) is 8.78 Å². The summed E-state index contributed by atoms with van der Waals surface area (Å²) in [5.74, 6) is -0.273. The number of aliphatic imine (C=N–C) groups is 1. The highest BCUT2D eigenvalue weighted by atomic mass is 127. The van der Waals surface area contributed by atoms with Crippen molar-refractivity contribution >= 4 is 35.6 Å². The van der Waals surface area contributed by atoms with Gasteiger partial charge in [0.25, 0.3) is 0 Å². The second-order valence-corrected chi connectivity index (χ2v) is 7.52. The van der Waals surface area contributed by atoms with Crippen LogP contribution in [0.3, 0.4) is 0 Å². The van der Waals surface area contributed by atoms with Crippen molar-refractivity contribution in [1.82, 2.24) is 10.6 Å². The summed E-state index contributed by atoms with van der Waals surface area (Å²) in [4.78, 5) is 6.07. The van der Waals surface area contributed by atoms with Gasteiger partial charge in [-0.2, -0.15) is 0 Å². The number of nitrogens with zero attached hydrogens (tertiary/aromatic N) is 2. The number of nitrogens with one attached hydrogen (secondary N) is 2. The van der Waals surface area contributed by atoms with Gasteiger partial charge >= 0.3 is 0 Å². The van der Waals surface area contributed by atoms with Crippen LogP contribution >= 0.6 is 24.0 Å². The summed E-state index contributed by atoms with van der Waals surface area (Å²) in [6.07, 6.45) is 4.31. The molecular formula is C20H31F2IN4O. The fraction of sp³-hybridized carbons (Fsp3) is 0.650. The first kappa shape index (κ1) is 23.1. The van der Waals surface area contributed by atoms with Crippen molar-refractivity contribution in [2.45, 2.75) is 38.6 Å². The largest absolute Gasteiger partial charge is 0.382 e. The minimum absolute atomic E-state index is 0. The van der Waals surface area contributed by atoms with E-state index < -0.39 is 11.6 Å². The lowest BCUT2D eigenvalue weighted by molar-refractivity contribution is 0.128. The Morgan fingerprint density at radius 2 is 2.04 bits per heavy atom. The second kappa shape index (κ2) is 10.6. The number of guanidine groups is 1. The summed E-state index contributed by atoms with van der Waals surface area (Å²) in [7, 11) is 1.75. The first-order valence-electron chi connectivity index (χ1n) is 9.81. The quantitative estimate of drug-likeness (QED) is 0.244. The van der Waals surface area contributed by atoms with Crippen LogP contribution < -0.4 is 15.5 Å². The molecule has 1 aliphatic carbocycles. The first-order chi connectivity index (χ1) is 13.1. The normalized spacial score (nSPS) is 20.6. The van der Waals surface area contributed by atoms with E-state index in [4.69, 9.17) is 4.74 Å². The Morgan fingerprint density at radius 1 is 1.32 bits per heavy atom. The molecule has 158 valence electrons. The van der Waals surface area contributed by atoms with E-state index in [0.29, 0.717) is 18.5 Å². The fourth-order valence-electron chi connectivity index (χ4n) is 3.66. The zero-order valence-corrected chi connectivity index (χ0v) is 19.0. The van der Waals surface area contributed by atoms with Gasteiger partial charge in [0.1, 0.15) is 17.3 Å². The monoisotopic (exact) mass is 508 g/mol. The van der Waals surface area contributed by atoms with Gasteiger partial charge in [-0.25, -0.2) is 8.78 Å². The minimum Gasteiger partial charge on any atom is -0.382 e. The summed E-state index contributed by atoms with van der Waals surface area (Å²) < 4.78 is 33.5. The van der Waals surface area contributed by atoms with E-state index in [0.717, 1.165) is 38.6 Å². The number of ether oxygens (including phenoxy) is 1. The molecule has 0 bridgehead atoms. The van der Waals surface area contributed by atoms with Gasteiger partial charge in [0.05, 0.1) is 0 Å². The summed E-state index contributed by atoms with van der Waals surface area (Å²) in [6.45, 7) is 5.61.